The second-order valence-electron chi connectivity index (χ2n) is 3.64. The molecule has 0 spiro atoms. The maximum Gasteiger partial charge on any atom is 0.185 e. The van der Waals surface area contributed by atoms with E-state index in [1.165, 1.54) is 5.56 Å². The lowest BCUT2D eigenvalue weighted by Gasteiger charge is -2.03. The van der Waals surface area contributed by atoms with Crippen LogP contribution in [0.3, 0.4) is 0 Å². The lowest BCUT2D eigenvalue weighted by molar-refractivity contribution is 0.110. The Hall–Kier alpha value is -1.83. The number of benzene rings is 1. The molecular formula is C13H12O2. The molecule has 1 aromatic carbocycles. The fourth-order valence-corrected chi connectivity index (χ4v) is 1.56. The molecule has 0 aliphatic carbocycles. The topological polar surface area (TPSA) is 30.2 Å². The van der Waals surface area contributed by atoms with Gasteiger partial charge in [0.15, 0.2) is 12.0 Å². The molecule has 2 heteroatoms. The number of aldehydes is 1. The summed E-state index contributed by atoms with van der Waals surface area (Å²) in [6.45, 7) is 4.06. The van der Waals surface area contributed by atoms with E-state index in [-0.39, 0.29) is 0 Å². The largest absolute Gasteiger partial charge is 0.453 e. The highest BCUT2D eigenvalue weighted by molar-refractivity contribution is 5.73. The number of hydrogen-bond donors (Lipinski definition) is 0. The quantitative estimate of drug-likeness (QED) is 0.695. The van der Waals surface area contributed by atoms with Gasteiger partial charge < -0.3 is 4.42 Å². The van der Waals surface area contributed by atoms with Gasteiger partial charge in [-0.25, -0.2) is 0 Å². The van der Waals surface area contributed by atoms with Crippen LogP contribution in [-0.2, 0) is 0 Å². The van der Waals surface area contributed by atoms with E-state index >= 15 is 0 Å². The van der Waals surface area contributed by atoms with Crippen LogP contribution in [0.15, 0.2) is 34.7 Å². The van der Waals surface area contributed by atoms with Gasteiger partial charge >= 0.3 is 0 Å². The van der Waals surface area contributed by atoms with Gasteiger partial charge in [-0.3, -0.25) is 4.79 Å². The molecule has 0 fully saturated rings. The Bertz CT molecular complexity index is 495. The third-order valence-corrected chi connectivity index (χ3v) is 2.40. The number of carbonyl (C=O) groups excluding carboxylic acids is 1. The second kappa shape index (κ2) is 3.73. The molecule has 2 nitrogen and oxygen atoms in total. The zero-order valence-corrected chi connectivity index (χ0v) is 8.78. The molecule has 0 saturated heterocycles. The standard InChI is InChI=1S/C13H12O2/c1-9-3-4-10(2)12(7-9)13-6-5-11(8-14)15-13/h3-8H,1-2H3. The molecule has 0 N–H and O–H groups in total. The first-order chi connectivity index (χ1) is 7.20. The molecule has 0 amide bonds. The predicted octanol–water partition coefficient (Wildman–Crippen LogP) is 3.38. The van der Waals surface area contributed by atoms with Gasteiger partial charge in [0.2, 0.25) is 0 Å². The summed E-state index contributed by atoms with van der Waals surface area (Å²) >= 11 is 0. The van der Waals surface area contributed by atoms with Crippen molar-refractivity contribution in [1.29, 1.82) is 0 Å². The summed E-state index contributed by atoms with van der Waals surface area (Å²) < 4.78 is 5.39. The van der Waals surface area contributed by atoms with E-state index in [4.69, 9.17) is 4.42 Å². The first-order valence-electron chi connectivity index (χ1n) is 4.83. The molecule has 1 heterocycles. The Morgan fingerprint density at radius 1 is 1.13 bits per heavy atom. The minimum atomic E-state index is 0.367. The molecule has 2 aromatic rings. The Morgan fingerprint density at radius 3 is 2.60 bits per heavy atom. The normalized spacial score (nSPS) is 10.3. The summed E-state index contributed by atoms with van der Waals surface area (Å²) in [6.07, 6.45) is 0.717. The summed E-state index contributed by atoms with van der Waals surface area (Å²) in [7, 11) is 0. The Balaban J connectivity index is 2.52. The molecule has 1 aromatic heterocycles. The van der Waals surface area contributed by atoms with Gasteiger partial charge in [-0.1, -0.05) is 17.7 Å². The van der Waals surface area contributed by atoms with Crippen molar-refractivity contribution in [3.05, 3.63) is 47.2 Å². The van der Waals surface area contributed by atoms with E-state index < -0.39 is 0 Å². The first kappa shape index (κ1) is 9.71. The van der Waals surface area contributed by atoms with E-state index in [9.17, 15) is 4.79 Å². The maximum absolute atomic E-state index is 10.5. The number of rotatable bonds is 2. The Labute approximate surface area is 88.5 Å². The van der Waals surface area contributed by atoms with Crippen LogP contribution in [-0.4, -0.2) is 6.29 Å². The fraction of sp³-hybridized carbons (Fsp3) is 0.154. The fourth-order valence-electron chi connectivity index (χ4n) is 1.56. The van der Waals surface area contributed by atoms with E-state index in [1.54, 1.807) is 6.07 Å². The van der Waals surface area contributed by atoms with Crippen LogP contribution in [0.1, 0.15) is 21.7 Å². The van der Waals surface area contributed by atoms with Crippen LogP contribution in [0.25, 0.3) is 11.3 Å². The molecule has 0 saturated carbocycles. The van der Waals surface area contributed by atoms with Crippen molar-refractivity contribution in [3.8, 4) is 11.3 Å². The average molecular weight is 200 g/mol. The van der Waals surface area contributed by atoms with Gasteiger partial charge in [0.1, 0.15) is 5.76 Å². The maximum atomic E-state index is 10.5. The van der Waals surface area contributed by atoms with Gasteiger partial charge in [0, 0.05) is 5.56 Å². The minimum absolute atomic E-state index is 0.367. The van der Waals surface area contributed by atoms with E-state index in [2.05, 4.69) is 12.1 Å². The van der Waals surface area contributed by atoms with Crippen molar-refractivity contribution in [2.45, 2.75) is 13.8 Å². The molecule has 2 rings (SSSR count). The first-order valence-corrected chi connectivity index (χ1v) is 4.83. The molecule has 0 aliphatic heterocycles. The molecule has 0 aliphatic rings. The monoisotopic (exact) mass is 200 g/mol. The van der Waals surface area contributed by atoms with Gasteiger partial charge in [-0.15, -0.1) is 0 Å². The average Bonchev–Trinajstić information content (AvgIpc) is 2.70. The van der Waals surface area contributed by atoms with Crippen LogP contribution < -0.4 is 0 Å². The molecule has 15 heavy (non-hydrogen) atoms. The minimum Gasteiger partial charge on any atom is -0.453 e. The third-order valence-electron chi connectivity index (χ3n) is 2.40. The number of carbonyl (C=O) groups is 1. The summed E-state index contributed by atoms with van der Waals surface area (Å²) in [5.41, 5.74) is 3.37. The zero-order valence-electron chi connectivity index (χ0n) is 8.78. The van der Waals surface area contributed by atoms with Crippen LogP contribution in [0.5, 0.6) is 0 Å². The van der Waals surface area contributed by atoms with Gasteiger partial charge in [0.25, 0.3) is 0 Å². The highest BCUT2D eigenvalue weighted by Gasteiger charge is 2.06. The molecule has 0 unspecified atom stereocenters. The smallest absolute Gasteiger partial charge is 0.185 e. The molecular weight excluding hydrogens is 188 g/mol. The van der Waals surface area contributed by atoms with Crippen molar-refractivity contribution < 1.29 is 9.21 Å². The number of furan rings is 1. The van der Waals surface area contributed by atoms with Crippen molar-refractivity contribution in [1.82, 2.24) is 0 Å². The number of hydrogen-bond acceptors (Lipinski definition) is 2. The van der Waals surface area contributed by atoms with Crippen LogP contribution in [0.2, 0.25) is 0 Å². The summed E-state index contributed by atoms with van der Waals surface area (Å²) in [5, 5.41) is 0. The number of aryl methyl sites for hydroxylation is 2. The zero-order chi connectivity index (χ0) is 10.8. The predicted molar refractivity (Wildman–Crippen MR) is 59.0 cm³/mol. The second-order valence-corrected chi connectivity index (χ2v) is 3.64. The van der Waals surface area contributed by atoms with E-state index in [0.717, 1.165) is 16.9 Å². The SMILES string of the molecule is Cc1ccc(C)c(-c2ccc(C=O)o2)c1. The van der Waals surface area contributed by atoms with Crippen molar-refractivity contribution in [2.75, 3.05) is 0 Å². The van der Waals surface area contributed by atoms with Gasteiger partial charge in [-0.2, -0.15) is 0 Å². The van der Waals surface area contributed by atoms with Gasteiger partial charge in [-0.05, 0) is 37.6 Å². The Kier molecular flexibility index (Phi) is 2.42. The van der Waals surface area contributed by atoms with E-state index in [0.29, 0.717) is 12.0 Å². The molecule has 76 valence electrons. The highest BCUT2D eigenvalue weighted by atomic mass is 16.3. The lowest BCUT2D eigenvalue weighted by Crippen LogP contribution is -1.82. The molecule has 0 bridgehead atoms. The lowest BCUT2D eigenvalue weighted by atomic mass is 10.0. The van der Waals surface area contributed by atoms with Crippen molar-refractivity contribution in [3.63, 3.8) is 0 Å². The highest BCUT2D eigenvalue weighted by Crippen LogP contribution is 2.25. The Morgan fingerprint density at radius 2 is 1.93 bits per heavy atom. The van der Waals surface area contributed by atoms with Crippen LogP contribution in [0.4, 0.5) is 0 Å². The van der Waals surface area contributed by atoms with E-state index in [1.807, 2.05) is 26.0 Å². The molecule has 0 radical (unpaired) electrons. The summed E-state index contributed by atoms with van der Waals surface area (Å²) in [4.78, 5) is 10.5. The van der Waals surface area contributed by atoms with Crippen molar-refractivity contribution >= 4 is 6.29 Å². The van der Waals surface area contributed by atoms with Crippen LogP contribution >= 0.6 is 0 Å². The summed E-state index contributed by atoms with van der Waals surface area (Å²) in [6, 6.07) is 9.68. The molecule has 0 atom stereocenters. The van der Waals surface area contributed by atoms with Crippen molar-refractivity contribution in [2.24, 2.45) is 0 Å². The summed E-state index contributed by atoms with van der Waals surface area (Å²) in [5.74, 6) is 1.12. The third kappa shape index (κ3) is 1.84. The van der Waals surface area contributed by atoms with Gasteiger partial charge in [0.05, 0.1) is 0 Å². The van der Waals surface area contributed by atoms with Crippen LogP contribution in [0, 0.1) is 13.8 Å².